The molecule has 20 heavy (non-hydrogen) atoms. The van der Waals surface area contributed by atoms with Crippen LogP contribution in [0.5, 0.6) is 0 Å². The van der Waals surface area contributed by atoms with Crippen molar-refractivity contribution in [1.29, 1.82) is 0 Å². The van der Waals surface area contributed by atoms with Crippen LogP contribution in [0.1, 0.15) is 25.2 Å². The molecule has 0 saturated heterocycles. The maximum Gasteiger partial charge on any atom is 0.164 e. The van der Waals surface area contributed by atoms with E-state index in [4.69, 9.17) is 0 Å². The maximum absolute atomic E-state index is 13.1. The van der Waals surface area contributed by atoms with Crippen LogP contribution >= 0.6 is 0 Å². The van der Waals surface area contributed by atoms with E-state index in [0.29, 0.717) is 30.4 Å². The number of hydrogen-bond donors (Lipinski definition) is 1. The van der Waals surface area contributed by atoms with Gasteiger partial charge in [-0.3, -0.25) is 0 Å². The van der Waals surface area contributed by atoms with Crippen LogP contribution in [0.3, 0.4) is 0 Å². The predicted molar refractivity (Wildman–Crippen MR) is 72.0 cm³/mol. The normalized spacial score (nSPS) is 11.2. The van der Waals surface area contributed by atoms with Crippen LogP contribution in [0.25, 0.3) is 0 Å². The molecule has 4 nitrogen and oxygen atoms in total. The van der Waals surface area contributed by atoms with Gasteiger partial charge in [-0.2, -0.15) is 5.10 Å². The van der Waals surface area contributed by atoms with Crippen molar-refractivity contribution in [3.05, 3.63) is 47.5 Å². The Hall–Kier alpha value is -1.82. The van der Waals surface area contributed by atoms with Crippen molar-refractivity contribution in [1.82, 2.24) is 20.1 Å². The van der Waals surface area contributed by atoms with Crippen molar-refractivity contribution in [2.75, 3.05) is 6.54 Å². The second-order valence-electron chi connectivity index (χ2n) is 5.13. The van der Waals surface area contributed by atoms with Crippen LogP contribution in [0.4, 0.5) is 8.78 Å². The van der Waals surface area contributed by atoms with Crippen molar-refractivity contribution < 1.29 is 8.78 Å². The van der Waals surface area contributed by atoms with E-state index in [1.54, 1.807) is 11.0 Å². The SMILES string of the molecule is CC(C)CNCc1ncn(Cc2ccc(F)c(F)c2)n1. The Morgan fingerprint density at radius 1 is 1.25 bits per heavy atom. The molecule has 2 rings (SSSR count). The standard InChI is InChI=1S/C14H18F2N4/c1-10(2)6-17-7-14-18-9-20(19-14)8-11-3-4-12(15)13(16)5-11/h3-5,9-10,17H,6-8H2,1-2H3. The quantitative estimate of drug-likeness (QED) is 0.883. The monoisotopic (exact) mass is 280 g/mol. The first-order chi connectivity index (χ1) is 9.54. The lowest BCUT2D eigenvalue weighted by atomic mass is 10.2. The molecule has 0 amide bonds. The third-order valence-electron chi connectivity index (χ3n) is 2.75. The summed E-state index contributed by atoms with van der Waals surface area (Å²) in [5.41, 5.74) is 0.649. The molecule has 1 aromatic heterocycles. The average molecular weight is 280 g/mol. The maximum atomic E-state index is 13.1. The van der Waals surface area contributed by atoms with Gasteiger partial charge in [0.25, 0.3) is 0 Å². The van der Waals surface area contributed by atoms with Crippen molar-refractivity contribution in [2.24, 2.45) is 5.92 Å². The van der Waals surface area contributed by atoms with Gasteiger partial charge in [-0.15, -0.1) is 0 Å². The fourth-order valence-electron chi connectivity index (χ4n) is 1.79. The summed E-state index contributed by atoms with van der Waals surface area (Å²) in [6.07, 6.45) is 1.59. The van der Waals surface area contributed by atoms with E-state index in [2.05, 4.69) is 29.2 Å². The zero-order valence-corrected chi connectivity index (χ0v) is 11.6. The number of benzene rings is 1. The first-order valence-corrected chi connectivity index (χ1v) is 6.57. The third-order valence-corrected chi connectivity index (χ3v) is 2.75. The Bertz CT molecular complexity index is 566. The molecule has 1 N–H and O–H groups in total. The average Bonchev–Trinajstić information content (AvgIpc) is 2.81. The Morgan fingerprint density at radius 2 is 2.05 bits per heavy atom. The fraction of sp³-hybridized carbons (Fsp3) is 0.429. The van der Waals surface area contributed by atoms with E-state index >= 15 is 0 Å². The van der Waals surface area contributed by atoms with Crippen LogP contribution in [0, 0.1) is 17.6 Å². The van der Waals surface area contributed by atoms with Gasteiger partial charge in [0.15, 0.2) is 17.5 Å². The van der Waals surface area contributed by atoms with Gasteiger partial charge >= 0.3 is 0 Å². The number of nitrogens with zero attached hydrogens (tertiary/aromatic N) is 3. The number of halogens is 2. The smallest absolute Gasteiger partial charge is 0.164 e. The van der Waals surface area contributed by atoms with Crippen LogP contribution in [-0.2, 0) is 13.1 Å². The number of rotatable bonds is 6. The Kier molecular flexibility index (Phi) is 4.79. The van der Waals surface area contributed by atoms with Crippen LogP contribution in [0.15, 0.2) is 24.5 Å². The molecule has 0 spiro atoms. The number of aromatic nitrogens is 3. The molecular formula is C14H18F2N4. The van der Waals surface area contributed by atoms with Crippen LogP contribution in [0.2, 0.25) is 0 Å². The van der Waals surface area contributed by atoms with E-state index in [-0.39, 0.29) is 0 Å². The molecule has 0 saturated carbocycles. The van der Waals surface area contributed by atoms with Gasteiger partial charge in [-0.05, 0) is 30.2 Å². The van der Waals surface area contributed by atoms with Crippen molar-refractivity contribution >= 4 is 0 Å². The fourth-order valence-corrected chi connectivity index (χ4v) is 1.79. The molecule has 6 heteroatoms. The summed E-state index contributed by atoms with van der Waals surface area (Å²) in [6.45, 7) is 6.12. The molecule has 1 heterocycles. The minimum atomic E-state index is -0.846. The Labute approximate surface area is 116 Å². The van der Waals surface area contributed by atoms with Gasteiger partial charge in [-0.25, -0.2) is 18.4 Å². The minimum absolute atomic E-state index is 0.369. The molecule has 0 atom stereocenters. The summed E-state index contributed by atoms with van der Waals surface area (Å²) in [5, 5.41) is 7.53. The molecule has 0 unspecified atom stereocenters. The largest absolute Gasteiger partial charge is 0.310 e. The molecule has 0 bridgehead atoms. The van der Waals surface area contributed by atoms with Gasteiger partial charge in [-0.1, -0.05) is 19.9 Å². The molecule has 108 valence electrons. The second-order valence-corrected chi connectivity index (χ2v) is 5.13. The first kappa shape index (κ1) is 14.6. The molecule has 0 aliphatic carbocycles. The lowest BCUT2D eigenvalue weighted by molar-refractivity contribution is 0.505. The molecule has 0 radical (unpaired) electrons. The lowest BCUT2D eigenvalue weighted by Crippen LogP contribution is -2.19. The second kappa shape index (κ2) is 6.56. The van der Waals surface area contributed by atoms with E-state index in [1.165, 1.54) is 12.1 Å². The van der Waals surface area contributed by atoms with Crippen LogP contribution in [-0.4, -0.2) is 21.3 Å². The van der Waals surface area contributed by atoms with Crippen molar-refractivity contribution in [3.8, 4) is 0 Å². The van der Waals surface area contributed by atoms with Gasteiger partial charge in [0.05, 0.1) is 13.1 Å². The van der Waals surface area contributed by atoms with E-state index < -0.39 is 11.6 Å². The van der Waals surface area contributed by atoms with Crippen molar-refractivity contribution in [2.45, 2.75) is 26.9 Å². The Morgan fingerprint density at radius 3 is 2.75 bits per heavy atom. The van der Waals surface area contributed by atoms with Gasteiger partial charge in [0, 0.05) is 0 Å². The summed E-state index contributed by atoms with van der Waals surface area (Å²) < 4.78 is 27.5. The third kappa shape index (κ3) is 4.09. The highest BCUT2D eigenvalue weighted by molar-refractivity contribution is 5.17. The van der Waals surface area contributed by atoms with Gasteiger partial charge < -0.3 is 5.32 Å². The topological polar surface area (TPSA) is 42.7 Å². The summed E-state index contributed by atoms with van der Waals surface area (Å²) >= 11 is 0. The molecule has 2 aromatic rings. The molecule has 0 aliphatic heterocycles. The minimum Gasteiger partial charge on any atom is -0.310 e. The summed E-state index contributed by atoms with van der Waals surface area (Å²) in [7, 11) is 0. The highest BCUT2D eigenvalue weighted by Gasteiger charge is 2.05. The molecule has 0 aliphatic rings. The molecular weight excluding hydrogens is 262 g/mol. The first-order valence-electron chi connectivity index (χ1n) is 6.57. The number of hydrogen-bond acceptors (Lipinski definition) is 3. The van der Waals surface area contributed by atoms with Gasteiger partial charge in [0.1, 0.15) is 6.33 Å². The zero-order valence-electron chi connectivity index (χ0n) is 11.6. The Balaban J connectivity index is 1.93. The van der Waals surface area contributed by atoms with E-state index in [1.807, 2.05) is 0 Å². The molecule has 1 aromatic carbocycles. The summed E-state index contributed by atoms with van der Waals surface area (Å²) in [5.74, 6) is -0.431. The van der Waals surface area contributed by atoms with E-state index in [0.717, 1.165) is 12.6 Å². The zero-order chi connectivity index (χ0) is 14.5. The summed E-state index contributed by atoms with van der Waals surface area (Å²) in [6, 6.07) is 3.83. The summed E-state index contributed by atoms with van der Waals surface area (Å²) in [4.78, 5) is 4.17. The molecule has 0 fully saturated rings. The van der Waals surface area contributed by atoms with E-state index in [9.17, 15) is 8.78 Å². The highest BCUT2D eigenvalue weighted by Crippen LogP contribution is 2.09. The lowest BCUT2D eigenvalue weighted by Gasteiger charge is -2.04. The highest BCUT2D eigenvalue weighted by atomic mass is 19.2. The number of nitrogens with one attached hydrogen (secondary N) is 1. The van der Waals surface area contributed by atoms with Crippen LogP contribution < -0.4 is 5.32 Å². The predicted octanol–water partition coefficient (Wildman–Crippen LogP) is 2.35. The van der Waals surface area contributed by atoms with Crippen molar-refractivity contribution in [3.63, 3.8) is 0 Å². The van der Waals surface area contributed by atoms with Gasteiger partial charge in [0.2, 0.25) is 0 Å².